The fourth-order valence-corrected chi connectivity index (χ4v) is 9.43. The van der Waals surface area contributed by atoms with Crippen LogP contribution in [0.2, 0.25) is 0 Å². The van der Waals surface area contributed by atoms with Crippen molar-refractivity contribution in [3.05, 3.63) is 181 Å². The summed E-state index contributed by atoms with van der Waals surface area (Å²) in [6, 6.07) is 62.6. The van der Waals surface area contributed by atoms with Gasteiger partial charge >= 0.3 is 0 Å². The third-order valence-electron chi connectivity index (χ3n) is 10.4. The van der Waals surface area contributed by atoms with Gasteiger partial charge in [0.2, 0.25) is 0 Å². The van der Waals surface area contributed by atoms with Gasteiger partial charge in [-0.3, -0.25) is 0 Å². The van der Waals surface area contributed by atoms with Gasteiger partial charge in [-0.05, 0) is 99.9 Å². The van der Waals surface area contributed by atoms with E-state index in [1.807, 2.05) is 11.3 Å². The molecule has 10 rings (SSSR count). The van der Waals surface area contributed by atoms with Crippen molar-refractivity contribution in [3.8, 4) is 44.5 Å². The summed E-state index contributed by atoms with van der Waals surface area (Å²) in [7, 11) is 0. The fourth-order valence-electron chi connectivity index (χ4n) is 8.29. The van der Waals surface area contributed by atoms with E-state index >= 15 is 0 Å². The molecule has 1 aromatic heterocycles. The summed E-state index contributed by atoms with van der Waals surface area (Å²) in [4.78, 5) is 0. The van der Waals surface area contributed by atoms with E-state index in [1.54, 1.807) is 0 Å². The van der Waals surface area contributed by atoms with Crippen molar-refractivity contribution < 1.29 is 0 Å². The standard InChI is InChI=1S/C49H32S/c1-31-30-50-49-44(31)38-19-7-10-22-41(38)46(47(49)33-15-3-2-4-16-33)35-28-26-34(27-29-35)45-39-20-8-11-23-42(39)48(43-24-12-9-21-40(43)45)37-25-13-17-32-14-5-6-18-36(32)37/h2-30H,1H3. The Bertz CT molecular complexity index is 2850. The Morgan fingerprint density at radius 3 is 1.44 bits per heavy atom. The number of benzene rings is 9. The quantitative estimate of drug-likeness (QED) is 0.166. The first-order valence-electron chi connectivity index (χ1n) is 17.3. The minimum absolute atomic E-state index is 1.23. The van der Waals surface area contributed by atoms with E-state index in [0.717, 1.165) is 0 Å². The molecule has 0 amide bonds. The molecule has 0 aliphatic rings. The summed E-state index contributed by atoms with van der Waals surface area (Å²) in [5.74, 6) is 0. The first-order chi connectivity index (χ1) is 24.8. The Hall–Kier alpha value is -6.02. The molecule has 0 aliphatic carbocycles. The summed E-state index contributed by atoms with van der Waals surface area (Å²) >= 11 is 1.86. The lowest BCUT2D eigenvalue weighted by Crippen LogP contribution is -1.92. The molecule has 0 nitrogen and oxygen atoms in total. The molecule has 50 heavy (non-hydrogen) atoms. The van der Waals surface area contributed by atoms with Gasteiger partial charge in [-0.15, -0.1) is 11.3 Å². The highest BCUT2D eigenvalue weighted by atomic mass is 32.1. The lowest BCUT2D eigenvalue weighted by Gasteiger charge is -2.20. The molecule has 9 aromatic carbocycles. The van der Waals surface area contributed by atoms with Gasteiger partial charge < -0.3 is 0 Å². The maximum absolute atomic E-state index is 2.35. The zero-order valence-electron chi connectivity index (χ0n) is 27.7. The Labute approximate surface area is 295 Å². The highest BCUT2D eigenvalue weighted by Crippen LogP contribution is 2.49. The van der Waals surface area contributed by atoms with Gasteiger partial charge in [-0.2, -0.15) is 0 Å². The zero-order valence-corrected chi connectivity index (χ0v) is 28.5. The van der Waals surface area contributed by atoms with Gasteiger partial charge in [-0.25, -0.2) is 0 Å². The molecule has 0 radical (unpaired) electrons. The summed E-state index contributed by atoms with van der Waals surface area (Å²) in [5.41, 5.74) is 11.5. The first-order valence-corrected chi connectivity index (χ1v) is 18.1. The SMILES string of the molecule is Cc1csc2c(-c3ccccc3)c(-c3ccc(-c4c5ccccc5c(-c5cccc6ccccc56)c5ccccc45)cc3)c3ccccc3c12. The monoisotopic (exact) mass is 652 g/mol. The van der Waals surface area contributed by atoms with E-state index in [4.69, 9.17) is 0 Å². The van der Waals surface area contributed by atoms with Gasteiger partial charge in [0.05, 0.1) is 0 Å². The molecule has 0 atom stereocenters. The van der Waals surface area contributed by atoms with E-state index in [0.29, 0.717) is 0 Å². The van der Waals surface area contributed by atoms with Gasteiger partial charge in [0.15, 0.2) is 0 Å². The van der Waals surface area contributed by atoms with Crippen molar-refractivity contribution in [1.29, 1.82) is 0 Å². The molecule has 0 bridgehead atoms. The van der Waals surface area contributed by atoms with Gasteiger partial charge in [-0.1, -0.05) is 170 Å². The van der Waals surface area contributed by atoms with Crippen LogP contribution in [0.5, 0.6) is 0 Å². The van der Waals surface area contributed by atoms with Crippen LogP contribution in [0, 0.1) is 6.92 Å². The Kier molecular flexibility index (Phi) is 6.69. The maximum atomic E-state index is 2.35. The van der Waals surface area contributed by atoms with Crippen molar-refractivity contribution in [2.45, 2.75) is 6.92 Å². The van der Waals surface area contributed by atoms with Crippen LogP contribution in [0.15, 0.2) is 175 Å². The molecule has 0 unspecified atom stereocenters. The summed E-state index contributed by atoms with van der Waals surface area (Å²) in [6.07, 6.45) is 0. The van der Waals surface area contributed by atoms with Crippen LogP contribution in [0.25, 0.3) is 97.7 Å². The van der Waals surface area contributed by atoms with Gasteiger partial charge in [0.1, 0.15) is 0 Å². The summed E-state index contributed by atoms with van der Waals surface area (Å²) in [6.45, 7) is 2.24. The average molecular weight is 653 g/mol. The van der Waals surface area contributed by atoms with Crippen molar-refractivity contribution in [2.24, 2.45) is 0 Å². The average Bonchev–Trinajstić information content (AvgIpc) is 3.57. The number of fused-ring (bicyclic) bond motifs is 6. The number of hydrogen-bond acceptors (Lipinski definition) is 1. The first kappa shape index (κ1) is 28.9. The molecule has 0 saturated heterocycles. The number of thiophene rings is 1. The van der Waals surface area contributed by atoms with E-state index in [2.05, 4.69) is 182 Å². The molecular formula is C49H32S. The Balaban J connectivity index is 1.23. The number of hydrogen-bond donors (Lipinski definition) is 0. The summed E-state index contributed by atoms with van der Waals surface area (Å²) < 4.78 is 1.35. The smallest absolute Gasteiger partial charge is 0.0436 e. The second kappa shape index (κ2) is 11.6. The molecule has 234 valence electrons. The Morgan fingerprint density at radius 2 is 0.800 bits per heavy atom. The highest BCUT2D eigenvalue weighted by Gasteiger charge is 2.21. The topological polar surface area (TPSA) is 0 Å². The minimum Gasteiger partial charge on any atom is -0.143 e. The third-order valence-corrected chi connectivity index (χ3v) is 11.5. The molecular weight excluding hydrogens is 621 g/mol. The highest BCUT2D eigenvalue weighted by molar-refractivity contribution is 7.18. The lowest BCUT2D eigenvalue weighted by molar-refractivity contribution is 1.60. The molecule has 0 N–H and O–H groups in total. The second-order valence-electron chi connectivity index (χ2n) is 13.2. The van der Waals surface area contributed by atoms with Crippen molar-refractivity contribution in [1.82, 2.24) is 0 Å². The normalized spacial score (nSPS) is 11.7. The largest absolute Gasteiger partial charge is 0.143 e. The van der Waals surface area contributed by atoms with Crippen LogP contribution in [0.3, 0.4) is 0 Å². The zero-order chi connectivity index (χ0) is 33.2. The Morgan fingerprint density at radius 1 is 0.340 bits per heavy atom. The fraction of sp³-hybridized carbons (Fsp3) is 0.0204. The van der Waals surface area contributed by atoms with E-state index < -0.39 is 0 Å². The van der Waals surface area contributed by atoms with Gasteiger partial charge in [0, 0.05) is 15.6 Å². The number of aryl methyl sites for hydroxylation is 1. The van der Waals surface area contributed by atoms with Crippen LogP contribution in [0.1, 0.15) is 5.56 Å². The van der Waals surface area contributed by atoms with Crippen molar-refractivity contribution in [3.63, 3.8) is 0 Å². The molecule has 0 saturated carbocycles. The van der Waals surface area contributed by atoms with Crippen LogP contribution < -0.4 is 0 Å². The van der Waals surface area contributed by atoms with Crippen LogP contribution in [-0.4, -0.2) is 0 Å². The minimum atomic E-state index is 1.23. The predicted octanol–water partition coefficient (Wildman–Crippen LogP) is 14.5. The second-order valence-corrected chi connectivity index (χ2v) is 14.1. The molecule has 0 fully saturated rings. The third kappa shape index (κ3) is 4.37. The van der Waals surface area contributed by atoms with Crippen LogP contribution >= 0.6 is 11.3 Å². The van der Waals surface area contributed by atoms with E-state index in [1.165, 1.54) is 103 Å². The van der Waals surface area contributed by atoms with Crippen molar-refractivity contribution >= 4 is 64.5 Å². The lowest BCUT2D eigenvalue weighted by atomic mass is 9.84. The molecule has 0 aliphatic heterocycles. The van der Waals surface area contributed by atoms with Crippen LogP contribution in [-0.2, 0) is 0 Å². The molecule has 1 heteroatoms. The maximum Gasteiger partial charge on any atom is 0.0436 e. The molecule has 10 aromatic rings. The van der Waals surface area contributed by atoms with E-state index in [-0.39, 0.29) is 0 Å². The van der Waals surface area contributed by atoms with Crippen LogP contribution in [0.4, 0.5) is 0 Å². The predicted molar refractivity (Wildman–Crippen MR) is 218 cm³/mol. The van der Waals surface area contributed by atoms with Gasteiger partial charge in [0.25, 0.3) is 0 Å². The van der Waals surface area contributed by atoms with E-state index in [9.17, 15) is 0 Å². The molecule has 1 heterocycles. The van der Waals surface area contributed by atoms with Crippen molar-refractivity contribution in [2.75, 3.05) is 0 Å². The number of rotatable bonds is 4. The summed E-state index contributed by atoms with van der Waals surface area (Å²) in [5, 5.41) is 13.9. The molecule has 0 spiro atoms.